The van der Waals surface area contributed by atoms with Gasteiger partial charge in [0.2, 0.25) is 5.91 Å². The van der Waals surface area contributed by atoms with Gasteiger partial charge in [-0.15, -0.1) is 0 Å². The standard InChI is InChI=1S/C29H32N4O4/c1-36-29(35)25-11-7-24(8-12-25)22-37-27-13-9-23(10-14-27)21-30-31-28(34)15-16-32-17-19-33(20-18-32)26-5-3-2-4-6-26/h2-14,21H,15-20,22H2,1H3,(H,31,34)/b30-21-. The molecule has 0 atom stereocenters. The Hall–Kier alpha value is -4.17. The number of amides is 1. The average molecular weight is 501 g/mol. The van der Waals surface area contributed by atoms with Crippen molar-refractivity contribution >= 4 is 23.8 Å². The number of benzene rings is 3. The Balaban J connectivity index is 1.13. The normalized spacial score (nSPS) is 13.9. The third kappa shape index (κ3) is 7.91. The summed E-state index contributed by atoms with van der Waals surface area (Å²) in [4.78, 5) is 28.4. The van der Waals surface area contributed by atoms with Crippen LogP contribution in [0.2, 0.25) is 0 Å². The molecule has 0 spiro atoms. The Morgan fingerprint density at radius 1 is 0.919 bits per heavy atom. The maximum atomic E-state index is 12.2. The molecule has 1 saturated heterocycles. The number of methoxy groups -OCH3 is 1. The van der Waals surface area contributed by atoms with Gasteiger partial charge in [-0.05, 0) is 59.7 Å². The lowest BCUT2D eigenvalue weighted by Gasteiger charge is -2.36. The fourth-order valence-corrected chi connectivity index (χ4v) is 4.03. The van der Waals surface area contributed by atoms with Crippen LogP contribution in [0.5, 0.6) is 5.75 Å². The van der Waals surface area contributed by atoms with Crippen LogP contribution in [0.1, 0.15) is 27.9 Å². The predicted molar refractivity (Wildman–Crippen MR) is 144 cm³/mol. The second-order valence-corrected chi connectivity index (χ2v) is 8.75. The van der Waals surface area contributed by atoms with Gasteiger partial charge in [-0.3, -0.25) is 9.69 Å². The fourth-order valence-electron chi connectivity index (χ4n) is 4.03. The van der Waals surface area contributed by atoms with Crippen LogP contribution in [-0.2, 0) is 16.1 Å². The SMILES string of the molecule is COC(=O)c1ccc(COc2ccc(/C=N\NC(=O)CCN3CCN(c4ccccc4)CC3)cc2)cc1. The van der Waals surface area contributed by atoms with Crippen LogP contribution >= 0.6 is 0 Å². The van der Waals surface area contributed by atoms with Crippen LogP contribution in [-0.4, -0.2) is 62.8 Å². The van der Waals surface area contributed by atoms with E-state index in [1.165, 1.54) is 12.8 Å². The first-order valence-electron chi connectivity index (χ1n) is 12.3. The zero-order valence-electron chi connectivity index (χ0n) is 21.0. The molecule has 0 aliphatic carbocycles. The molecule has 0 bridgehead atoms. The number of hydrazone groups is 1. The molecule has 0 radical (unpaired) electrons. The Labute approximate surface area is 217 Å². The second kappa shape index (κ2) is 13.2. The van der Waals surface area contributed by atoms with Gasteiger partial charge in [0.15, 0.2) is 0 Å². The summed E-state index contributed by atoms with van der Waals surface area (Å²) in [6, 6.07) is 25.0. The summed E-state index contributed by atoms with van der Waals surface area (Å²) in [5.74, 6) is 0.254. The van der Waals surface area contributed by atoms with Crippen LogP contribution in [0.25, 0.3) is 0 Å². The number of hydrogen-bond donors (Lipinski definition) is 1. The van der Waals surface area contributed by atoms with Crippen molar-refractivity contribution in [1.29, 1.82) is 0 Å². The molecule has 4 rings (SSSR count). The van der Waals surface area contributed by atoms with Crippen LogP contribution in [0.4, 0.5) is 5.69 Å². The van der Waals surface area contributed by atoms with Crippen molar-refractivity contribution in [2.75, 3.05) is 44.7 Å². The lowest BCUT2D eigenvalue weighted by molar-refractivity contribution is -0.121. The lowest BCUT2D eigenvalue weighted by Crippen LogP contribution is -2.47. The highest BCUT2D eigenvalue weighted by atomic mass is 16.5. The molecule has 192 valence electrons. The molecule has 1 aliphatic heterocycles. The minimum absolute atomic E-state index is 0.0973. The van der Waals surface area contributed by atoms with Crippen molar-refractivity contribution in [1.82, 2.24) is 10.3 Å². The van der Waals surface area contributed by atoms with Crippen LogP contribution in [0, 0.1) is 0 Å². The number of carbonyl (C=O) groups excluding carboxylic acids is 2. The van der Waals surface area contributed by atoms with Crippen LogP contribution in [0.15, 0.2) is 84.0 Å². The van der Waals surface area contributed by atoms with E-state index in [1.54, 1.807) is 18.3 Å². The molecule has 1 aliphatic rings. The first-order valence-corrected chi connectivity index (χ1v) is 12.3. The predicted octanol–water partition coefficient (Wildman–Crippen LogP) is 3.71. The maximum absolute atomic E-state index is 12.2. The molecule has 1 fully saturated rings. The number of rotatable bonds is 10. The number of esters is 1. The number of nitrogens with zero attached hydrogens (tertiary/aromatic N) is 3. The van der Waals surface area contributed by atoms with E-state index in [1.807, 2.05) is 42.5 Å². The first kappa shape index (κ1) is 25.9. The molecule has 8 nitrogen and oxygen atoms in total. The molecule has 1 heterocycles. The molecule has 1 N–H and O–H groups in total. The van der Waals surface area contributed by atoms with Crippen LogP contribution < -0.4 is 15.1 Å². The van der Waals surface area contributed by atoms with Gasteiger partial charge in [-0.2, -0.15) is 5.10 Å². The summed E-state index contributed by atoms with van der Waals surface area (Å²) < 4.78 is 10.5. The topological polar surface area (TPSA) is 83.5 Å². The summed E-state index contributed by atoms with van der Waals surface area (Å²) in [5.41, 5.74) is 6.16. The summed E-state index contributed by atoms with van der Waals surface area (Å²) in [6.07, 6.45) is 2.03. The molecular weight excluding hydrogens is 468 g/mol. The molecule has 8 heteroatoms. The molecule has 1 amide bonds. The van der Waals surface area contributed by atoms with Gasteiger partial charge in [0.1, 0.15) is 12.4 Å². The van der Waals surface area contributed by atoms with E-state index in [0.717, 1.165) is 43.9 Å². The zero-order chi connectivity index (χ0) is 25.9. The Kier molecular flexibility index (Phi) is 9.26. The van der Waals surface area contributed by atoms with Crippen molar-refractivity contribution < 1.29 is 19.1 Å². The largest absolute Gasteiger partial charge is 0.489 e. The molecule has 37 heavy (non-hydrogen) atoms. The monoisotopic (exact) mass is 500 g/mol. The van der Waals surface area contributed by atoms with E-state index < -0.39 is 0 Å². The van der Waals surface area contributed by atoms with Crippen molar-refractivity contribution in [2.24, 2.45) is 5.10 Å². The molecular formula is C29H32N4O4. The molecule has 3 aromatic rings. The van der Waals surface area contributed by atoms with Crippen molar-refractivity contribution in [3.8, 4) is 5.75 Å². The number of para-hydroxylation sites is 1. The summed E-state index contributed by atoms with van der Waals surface area (Å²) >= 11 is 0. The van der Waals surface area contributed by atoms with Crippen molar-refractivity contribution in [3.63, 3.8) is 0 Å². The highest BCUT2D eigenvalue weighted by Crippen LogP contribution is 2.16. The minimum atomic E-state index is -0.363. The second-order valence-electron chi connectivity index (χ2n) is 8.75. The number of piperazine rings is 1. The van der Waals surface area contributed by atoms with E-state index in [-0.39, 0.29) is 11.9 Å². The van der Waals surface area contributed by atoms with Gasteiger partial charge in [-0.1, -0.05) is 30.3 Å². The van der Waals surface area contributed by atoms with Gasteiger partial charge in [0.25, 0.3) is 0 Å². The van der Waals surface area contributed by atoms with E-state index >= 15 is 0 Å². The number of nitrogens with one attached hydrogen (secondary N) is 1. The van der Waals surface area contributed by atoms with Gasteiger partial charge >= 0.3 is 5.97 Å². The third-order valence-electron chi connectivity index (χ3n) is 6.21. The summed E-state index contributed by atoms with van der Waals surface area (Å²) in [6.45, 7) is 4.92. The number of anilines is 1. The average Bonchev–Trinajstić information content (AvgIpc) is 2.96. The zero-order valence-corrected chi connectivity index (χ0v) is 21.0. The third-order valence-corrected chi connectivity index (χ3v) is 6.21. The van der Waals surface area contributed by atoms with Crippen LogP contribution in [0.3, 0.4) is 0 Å². The lowest BCUT2D eigenvalue weighted by atomic mass is 10.1. The molecule has 0 unspecified atom stereocenters. The Morgan fingerprint density at radius 2 is 1.62 bits per heavy atom. The fraction of sp³-hybridized carbons (Fsp3) is 0.276. The highest BCUT2D eigenvalue weighted by Gasteiger charge is 2.17. The Bertz CT molecular complexity index is 1170. The van der Waals surface area contributed by atoms with Crippen molar-refractivity contribution in [2.45, 2.75) is 13.0 Å². The van der Waals surface area contributed by atoms with Gasteiger partial charge in [0, 0.05) is 44.8 Å². The number of carbonyl (C=O) groups is 2. The highest BCUT2D eigenvalue weighted by molar-refractivity contribution is 5.89. The summed E-state index contributed by atoms with van der Waals surface area (Å²) in [7, 11) is 1.36. The van der Waals surface area contributed by atoms with Crippen molar-refractivity contribution in [3.05, 3.63) is 95.6 Å². The van der Waals surface area contributed by atoms with E-state index in [2.05, 4.69) is 44.6 Å². The molecule has 3 aromatic carbocycles. The van der Waals surface area contributed by atoms with Gasteiger partial charge in [-0.25, -0.2) is 10.2 Å². The number of hydrogen-bond acceptors (Lipinski definition) is 7. The summed E-state index contributed by atoms with van der Waals surface area (Å²) in [5, 5.41) is 4.08. The number of ether oxygens (including phenoxy) is 2. The molecule has 0 saturated carbocycles. The Morgan fingerprint density at radius 3 is 2.30 bits per heavy atom. The first-order chi connectivity index (χ1) is 18.1. The van der Waals surface area contributed by atoms with E-state index in [4.69, 9.17) is 9.47 Å². The van der Waals surface area contributed by atoms with Gasteiger partial charge in [0.05, 0.1) is 18.9 Å². The smallest absolute Gasteiger partial charge is 0.337 e. The van der Waals surface area contributed by atoms with Gasteiger partial charge < -0.3 is 14.4 Å². The minimum Gasteiger partial charge on any atom is -0.489 e. The maximum Gasteiger partial charge on any atom is 0.337 e. The van der Waals surface area contributed by atoms with E-state index in [0.29, 0.717) is 24.3 Å². The quantitative estimate of drug-likeness (QED) is 0.260. The molecule has 0 aromatic heterocycles. The van der Waals surface area contributed by atoms with E-state index in [9.17, 15) is 9.59 Å².